The van der Waals surface area contributed by atoms with Gasteiger partial charge < -0.3 is 10.1 Å². The third-order valence-corrected chi connectivity index (χ3v) is 4.85. The lowest BCUT2D eigenvalue weighted by Crippen LogP contribution is -2.48. The molecule has 21 heavy (non-hydrogen) atoms. The quantitative estimate of drug-likeness (QED) is 0.921. The summed E-state index contributed by atoms with van der Waals surface area (Å²) in [4.78, 5) is 2.63. The minimum absolute atomic E-state index is 0.402. The van der Waals surface area contributed by atoms with Crippen molar-refractivity contribution in [1.82, 2.24) is 10.2 Å². The molecule has 1 saturated heterocycles. The van der Waals surface area contributed by atoms with Gasteiger partial charge in [-0.1, -0.05) is 30.7 Å². The molecule has 0 aliphatic carbocycles. The Labute approximate surface area is 128 Å². The summed E-state index contributed by atoms with van der Waals surface area (Å²) in [6.45, 7) is 8.50. The highest BCUT2D eigenvalue weighted by molar-refractivity contribution is 5.31. The molecule has 2 aliphatic rings. The van der Waals surface area contributed by atoms with Crippen LogP contribution >= 0.6 is 0 Å². The van der Waals surface area contributed by atoms with Crippen molar-refractivity contribution in [3.05, 3.63) is 35.4 Å². The maximum absolute atomic E-state index is 5.87. The summed E-state index contributed by atoms with van der Waals surface area (Å²) in [5.41, 5.74) is 2.82. The zero-order valence-electron chi connectivity index (χ0n) is 13.3. The summed E-state index contributed by atoms with van der Waals surface area (Å²) >= 11 is 0. The normalized spacial score (nSPS) is 26.1. The third kappa shape index (κ3) is 3.47. The van der Waals surface area contributed by atoms with Gasteiger partial charge in [0.15, 0.2) is 0 Å². The van der Waals surface area contributed by atoms with Gasteiger partial charge in [0.1, 0.15) is 0 Å². The first-order valence-corrected chi connectivity index (χ1v) is 8.40. The Morgan fingerprint density at radius 2 is 2.14 bits per heavy atom. The average Bonchev–Trinajstić information content (AvgIpc) is 2.53. The zero-order valence-corrected chi connectivity index (χ0v) is 13.3. The van der Waals surface area contributed by atoms with Gasteiger partial charge in [-0.2, -0.15) is 0 Å². The Hall–Kier alpha value is -0.900. The van der Waals surface area contributed by atoms with E-state index >= 15 is 0 Å². The van der Waals surface area contributed by atoms with Crippen molar-refractivity contribution >= 4 is 0 Å². The molecule has 2 unspecified atom stereocenters. The Morgan fingerprint density at radius 3 is 2.90 bits per heavy atom. The molecule has 1 aromatic carbocycles. The van der Waals surface area contributed by atoms with Crippen LogP contribution in [0.5, 0.6) is 0 Å². The summed E-state index contributed by atoms with van der Waals surface area (Å²) in [7, 11) is 0. The first-order valence-electron chi connectivity index (χ1n) is 8.40. The van der Waals surface area contributed by atoms with Crippen molar-refractivity contribution in [3.8, 4) is 0 Å². The molecule has 1 N–H and O–H groups in total. The molecular formula is C18H28N2O. The van der Waals surface area contributed by atoms with Crippen LogP contribution in [0.2, 0.25) is 0 Å². The average molecular weight is 288 g/mol. The minimum Gasteiger partial charge on any atom is -0.375 e. The highest BCUT2D eigenvalue weighted by Gasteiger charge is 2.30. The van der Waals surface area contributed by atoms with E-state index in [1.54, 1.807) is 0 Å². The highest BCUT2D eigenvalue weighted by atomic mass is 16.5. The molecule has 0 spiro atoms. The second-order valence-electron chi connectivity index (χ2n) is 6.67. The fourth-order valence-corrected chi connectivity index (χ4v) is 3.67. The van der Waals surface area contributed by atoms with Crippen LogP contribution < -0.4 is 5.32 Å². The molecule has 0 bridgehead atoms. The topological polar surface area (TPSA) is 24.5 Å². The maximum Gasteiger partial charge on any atom is 0.0721 e. The van der Waals surface area contributed by atoms with Crippen LogP contribution in [0.25, 0.3) is 0 Å². The number of fused-ring (bicyclic) bond motifs is 1. The van der Waals surface area contributed by atoms with Crippen molar-refractivity contribution in [2.75, 3.05) is 19.7 Å². The van der Waals surface area contributed by atoms with Crippen LogP contribution in [0.4, 0.5) is 0 Å². The zero-order chi connectivity index (χ0) is 14.7. The van der Waals surface area contributed by atoms with Gasteiger partial charge in [-0.15, -0.1) is 0 Å². The molecular weight excluding hydrogens is 260 g/mol. The molecule has 3 heteroatoms. The lowest BCUT2D eigenvalue weighted by Gasteiger charge is -2.41. The van der Waals surface area contributed by atoms with Gasteiger partial charge in [0.05, 0.1) is 19.3 Å². The summed E-state index contributed by atoms with van der Waals surface area (Å²) in [6.07, 6.45) is 3.99. The van der Waals surface area contributed by atoms with Crippen LogP contribution in [0.3, 0.4) is 0 Å². The van der Waals surface area contributed by atoms with E-state index in [4.69, 9.17) is 4.74 Å². The lowest BCUT2D eigenvalue weighted by molar-refractivity contribution is 0.0140. The van der Waals surface area contributed by atoms with E-state index in [-0.39, 0.29) is 0 Å². The monoisotopic (exact) mass is 288 g/mol. The SMILES string of the molecule is CC(C)N(CC1CCCCN1)C1COCc2ccccc21. The standard InChI is InChI=1S/C18H28N2O/c1-14(2)20(11-16-8-5-6-10-19-16)18-13-21-12-15-7-3-4-9-17(15)18/h3-4,7,9,14,16,18-19H,5-6,8,10-13H2,1-2H3. The molecule has 3 rings (SSSR count). The van der Waals surface area contributed by atoms with Gasteiger partial charge in [-0.3, -0.25) is 4.90 Å². The van der Waals surface area contributed by atoms with Crippen molar-refractivity contribution in [2.45, 2.75) is 57.8 Å². The Morgan fingerprint density at radius 1 is 1.29 bits per heavy atom. The molecule has 2 heterocycles. The highest BCUT2D eigenvalue weighted by Crippen LogP contribution is 2.31. The predicted molar refractivity (Wildman–Crippen MR) is 86.3 cm³/mol. The van der Waals surface area contributed by atoms with Crippen LogP contribution in [-0.4, -0.2) is 36.7 Å². The molecule has 2 aliphatic heterocycles. The Balaban J connectivity index is 1.78. The minimum atomic E-state index is 0.402. The van der Waals surface area contributed by atoms with E-state index in [1.807, 2.05) is 0 Å². The first-order chi connectivity index (χ1) is 10.3. The number of ether oxygens (including phenoxy) is 1. The Kier molecular flexibility index (Phi) is 4.94. The number of hydrogen-bond acceptors (Lipinski definition) is 3. The molecule has 2 atom stereocenters. The third-order valence-electron chi connectivity index (χ3n) is 4.85. The summed E-state index contributed by atoms with van der Waals surface area (Å²) in [5.74, 6) is 0. The van der Waals surface area contributed by atoms with Gasteiger partial charge in [-0.05, 0) is 44.4 Å². The number of hydrogen-bond donors (Lipinski definition) is 1. The number of benzene rings is 1. The molecule has 1 aromatic rings. The number of nitrogens with zero attached hydrogens (tertiary/aromatic N) is 1. The number of piperidine rings is 1. The second kappa shape index (κ2) is 6.91. The summed E-state index contributed by atoms with van der Waals surface area (Å²) < 4.78 is 5.87. The summed E-state index contributed by atoms with van der Waals surface area (Å²) in [5, 5.41) is 3.69. The molecule has 3 nitrogen and oxygen atoms in total. The Bertz CT molecular complexity index is 454. The van der Waals surface area contributed by atoms with E-state index in [9.17, 15) is 0 Å². The maximum atomic E-state index is 5.87. The smallest absolute Gasteiger partial charge is 0.0721 e. The molecule has 0 radical (unpaired) electrons. The number of rotatable bonds is 4. The molecule has 1 fully saturated rings. The van der Waals surface area contributed by atoms with Crippen LogP contribution in [0.15, 0.2) is 24.3 Å². The van der Waals surface area contributed by atoms with Crippen molar-refractivity contribution in [2.24, 2.45) is 0 Å². The van der Waals surface area contributed by atoms with Gasteiger partial charge >= 0.3 is 0 Å². The van der Waals surface area contributed by atoms with Crippen molar-refractivity contribution in [1.29, 1.82) is 0 Å². The molecule has 116 valence electrons. The fraction of sp³-hybridized carbons (Fsp3) is 0.667. The van der Waals surface area contributed by atoms with Crippen LogP contribution in [0, 0.1) is 0 Å². The van der Waals surface area contributed by atoms with Crippen molar-refractivity contribution < 1.29 is 4.74 Å². The molecule has 0 saturated carbocycles. The predicted octanol–water partition coefficient (Wildman–Crippen LogP) is 3.11. The van der Waals surface area contributed by atoms with Gasteiger partial charge in [0, 0.05) is 18.6 Å². The van der Waals surface area contributed by atoms with Crippen molar-refractivity contribution in [3.63, 3.8) is 0 Å². The van der Waals surface area contributed by atoms with E-state index in [0.717, 1.165) is 19.8 Å². The summed E-state index contributed by atoms with van der Waals surface area (Å²) in [6, 6.07) is 10.3. The fourth-order valence-electron chi connectivity index (χ4n) is 3.67. The van der Waals surface area contributed by atoms with E-state index in [1.165, 1.54) is 36.9 Å². The van der Waals surface area contributed by atoms with E-state index < -0.39 is 0 Å². The number of nitrogens with one attached hydrogen (secondary N) is 1. The van der Waals surface area contributed by atoms with Crippen LogP contribution in [-0.2, 0) is 11.3 Å². The molecule has 0 aromatic heterocycles. The van der Waals surface area contributed by atoms with E-state index in [2.05, 4.69) is 48.3 Å². The second-order valence-corrected chi connectivity index (χ2v) is 6.67. The first kappa shape index (κ1) is 15.0. The van der Waals surface area contributed by atoms with Gasteiger partial charge in [0.25, 0.3) is 0 Å². The van der Waals surface area contributed by atoms with E-state index in [0.29, 0.717) is 18.1 Å². The van der Waals surface area contributed by atoms with Gasteiger partial charge in [0.2, 0.25) is 0 Å². The molecule has 0 amide bonds. The lowest BCUT2D eigenvalue weighted by atomic mass is 9.95. The van der Waals surface area contributed by atoms with Crippen LogP contribution in [0.1, 0.15) is 50.3 Å². The van der Waals surface area contributed by atoms with Gasteiger partial charge in [-0.25, -0.2) is 0 Å². The largest absolute Gasteiger partial charge is 0.375 e.